The number of amides is 2. The lowest BCUT2D eigenvalue weighted by atomic mass is 10.2. The molecule has 1 heterocycles. The Labute approximate surface area is 127 Å². The maximum atomic E-state index is 11.8. The van der Waals surface area contributed by atoms with Gasteiger partial charge in [-0.15, -0.1) is 0 Å². The normalized spacial score (nSPS) is 12.2. The van der Waals surface area contributed by atoms with Crippen molar-refractivity contribution in [1.82, 2.24) is 5.32 Å². The minimum absolute atomic E-state index is 0.0695. The molecule has 0 bridgehead atoms. The highest BCUT2D eigenvalue weighted by Crippen LogP contribution is 2.23. The van der Waals surface area contributed by atoms with Gasteiger partial charge in [0.1, 0.15) is 11.3 Å². The van der Waals surface area contributed by atoms with Crippen LogP contribution in [0.2, 0.25) is 0 Å². The van der Waals surface area contributed by atoms with Crippen molar-refractivity contribution in [2.24, 2.45) is 5.73 Å². The molecule has 21 heavy (non-hydrogen) atoms. The Morgan fingerprint density at radius 2 is 2.14 bits per heavy atom. The zero-order valence-corrected chi connectivity index (χ0v) is 12.6. The molecule has 0 aliphatic heterocycles. The number of thioether (sulfide) groups is 1. The molecule has 1 aromatic heterocycles. The average Bonchev–Trinajstić information content (AvgIpc) is 2.87. The largest absolute Gasteiger partial charge is 0.459 e. The standard InChI is InChI=1S/C15H18N2O3S/c1-10(17-15(19)6-7-21-9-14(16)18)13-8-11-4-2-3-5-12(11)20-13/h2-5,8,10H,6-7,9H2,1H3,(H2,16,18)(H,17,19)/t10-/m1/s1. The second-order valence-corrected chi connectivity index (χ2v) is 5.85. The van der Waals surface area contributed by atoms with E-state index in [0.717, 1.165) is 16.7 Å². The van der Waals surface area contributed by atoms with Gasteiger partial charge in [-0.05, 0) is 19.1 Å². The van der Waals surface area contributed by atoms with E-state index in [1.54, 1.807) is 0 Å². The number of rotatable bonds is 7. The first-order valence-corrected chi connectivity index (χ1v) is 7.85. The molecule has 2 aromatic rings. The van der Waals surface area contributed by atoms with Gasteiger partial charge in [0, 0.05) is 17.6 Å². The highest BCUT2D eigenvalue weighted by Gasteiger charge is 2.13. The van der Waals surface area contributed by atoms with Crippen LogP contribution >= 0.6 is 11.8 Å². The number of benzene rings is 1. The van der Waals surface area contributed by atoms with Crippen molar-refractivity contribution in [3.63, 3.8) is 0 Å². The molecule has 112 valence electrons. The van der Waals surface area contributed by atoms with E-state index in [1.165, 1.54) is 11.8 Å². The quantitative estimate of drug-likeness (QED) is 0.768. The predicted molar refractivity (Wildman–Crippen MR) is 83.9 cm³/mol. The van der Waals surface area contributed by atoms with Gasteiger partial charge < -0.3 is 15.5 Å². The van der Waals surface area contributed by atoms with Crippen molar-refractivity contribution < 1.29 is 14.0 Å². The smallest absolute Gasteiger partial charge is 0.227 e. The Morgan fingerprint density at radius 3 is 2.86 bits per heavy atom. The Bertz CT molecular complexity index is 606. The fraction of sp³-hybridized carbons (Fsp3) is 0.333. The Kier molecular flexibility index (Phi) is 5.27. The Hall–Kier alpha value is -1.95. The van der Waals surface area contributed by atoms with Crippen molar-refractivity contribution in [2.45, 2.75) is 19.4 Å². The highest BCUT2D eigenvalue weighted by molar-refractivity contribution is 7.99. The minimum atomic E-state index is -0.365. The molecule has 0 saturated heterocycles. The van der Waals surface area contributed by atoms with E-state index >= 15 is 0 Å². The number of para-hydroxylation sites is 1. The van der Waals surface area contributed by atoms with Crippen LogP contribution in [0.1, 0.15) is 25.1 Å². The number of hydrogen-bond acceptors (Lipinski definition) is 4. The van der Waals surface area contributed by atoms with E-state index in [9.17, 15) is 9.59 Å². The SMILES string of the molecule is C[C@@H](NC(=O)CCSCC(N)=O)c1cc2ccccc2o1. The lowest BCUT2D eigenvalue weighted by Crippen LogP contribution is -2.26. The monoisotopic (exact) mass is 306 g/mol. The molecule has 0 fully saturated rings. The lowest BCUT2D eigenvalue weighted by Gasteiger charge is -2.11. The first-order valence-electron chi connectivity index (χ1n) is 6.70. The number of carbonyl (C=O) groups is 2. The van der Waals surface area contributed by atoms with Crippen LogP contribution in [0.5, 0.6) is 0 Å². The minimum Gasteiger partial charge on any atom is -0.459 e. The first kappa shape index (κ1) is 15.4. The van der Waals surface area contributed by atoms with Crippen molar-refractivity contribution in [1.29, 1.82) is 0 Å². The first-order chi connectivity index (χ1) is 10.1. The lowest BCUT2D eigenvalue weighted by molar-refractivity contribution is -0.121. The molecule has 0 aliphatic rings. The summed E-state index contributed by atoms with van der Waals surface area (Å²) in [7, 11) is 0. The number of fused-ring (bicyclic) bond motifs is 1. The summed E-state index contributed by atoms with van der Waals surface area (Å²) in [5.41, 5.74) is 5.84. The van der Waals surface area contributed by atoms with Gasteiger partial charge in [0.15, 0.2) is 0 Å². The predicted octanol–water partition coefficient (Wildman–Crippen LogP) is 2.22. The molecule has 5 nitrogen and oxygen atoms in total. The third-order valence-corrected chi connectivity index (χ3v) is 3.95. The van der Waals surface area contributed by atoms with Crippen LogP contribution in [-0.2, 0) is 9.59 Å². The van der Waals surface area contributed by atoms with E-state index < -0.39 is 0 Å². The molecule has 0 aliphatic carbocycles. The average molecular weight is 306 g/mol. The summed E-state index contributed by atoms with van der Waals surface area (Å²) in [6, 6.07) is 9.47. The molecule has 1 aromatic carbocycles. The number of nitrogens with two attached hydrogens (primary N) is 1. The van der Waals surface area contributed by atoms with Gasteiger partial charge in [0.25, 0.3) is 0 Å². The summed E-state index contributed by atoms with van der Waals surface area (Å²) < 4.78 is 5.71. The second-order valence-electron chi connectivity index (χ2n) is 4.74. The van der Waals surface area contributed by atoms with Crippen LogP contribution in [0.4, 0.5) is 0 Å². The number of nitrogens with one attached hydrogen (secondary N) is 1. The maximum Gasteiger partial charge on any atom is 0.227 e. The van der Waals surface area contributed by atoms with Crippen LogP contribution in [-0.4, -0.2) is 23.3 Å². The molecule has 6 heteroatoms. The van der Waals surface area contributed by atoms with Gasteiger partial charge in [0.05, 0.1) is 11.8 Å². The van der Waals surface area contributed by atoms with Crippen LogP contribution in [0.3, 0.4) is 0 Å². The van der Waals surface area contributed by atoms with Gasteiger partial charge in [-0.2, -0.15) is 11.8 Å². The van der Waals surface area contributed by atoms with Crippen molar-refractivity contribution in [2.75, 3.05) is 11.5 Å². The van der Waals surface area contributed by atoms with E-state index in [1.807, 2.05) is 37.3 Å². The molecule has 0 radical (unpaired) electrons. The van der Waals surface area contributed by atoms with Crippen molar-refractivity contribution in [3.05, 3.63) is 36.1 Å². The second kappa shape index (κ2) is 7.17. The van der Waals surface area contributed by atoms with Gasteiger partial charge >= 0.3 is 0 Å². The Morgan fingerprint density at radius 1 is 1.38 bits per heavy atom. The van der Waals surface area contributed by atoms with Crippen molar-refractivity contribution in [3.8, 4) is 0 Å². The molecule has 0 spiro atoms. The molecule has 2 rings (SSSR count). The van der Waals surface area contributed by atoms with Gasteiger partial charge in [-0.3, -0.25) is 9.59 Å². The van der Waals surface area contributed by atoms with E-state index in [0.29, 0.717) is 12.2 Å². The summed E-state index contributed by atoms with van der Waals surface area (Å²) in [5, 5.41) is 3.90. The van der Waals surface area contributed by atoms with Gasteiger partial charge in [-0.1, -0.05) is 18.2 Å². The molecule has 3 N–H and O–H groups in total. The molecule has 2 amide bonds. The number of hydrogen-bond donors (Lipinski definition) is 2. The number of primary amides is 1. The van der Waals surface area contributed by atoms with Crippen LogP contribution in [0.25, 0.3) is 11.0 Å². The zero-order valence-electron chi connectivity index (χ0n) is 11.8. The molecule has 1 atom stereocenters. The summed E-state index contributed by atoms with van der Waals surface area (Å²) in [5.74, 6) is 1.11. The van der Waals surface area contributed by atoms with Gasteiger partial charge in [-0.25, -0.2) is 0 Å². The van der Waals surface area contributed by atoms with Crippen LogP contribution in [0, 0.1) is 0 Å². The van der Waals surface area contributed by atoms with E-state index in [2.05, 4.69) is 5.32 Å². The highest BCUT2D eigenvalue weighted by atomic mass is 32.2. The fourth-order valence-corrected chi connectivity index (χ4v) is 2.61. The van der Waals surface area contributed by atoms with Crippen LogP contribution < -0.4 is 11.1 Å². The van der Waals surface area contributed by atoms with E-state index in [4.69, 9.17) is 10.2 Å². The zero-order chi connectivity index (χ0) is 15.2. The number of furan rings is 1. The van der Waals surface area contributed by atoms with Crippen molar-refractivity contribution >= 4 is 34.5 Å². The maximum absolute atomic E-state index is 11.8. The topological polar surface area (TPSA) is 85.3 Å². The molecular formula is C15H18N2O3S. The summed E-state index contributed by atoms with van der Waals surface area (Å²) in [4.78, 5) is 22.4. The molecule has 0 saturated carbocycles. The Balaban J connectivity index is 1.84. The van der Waals surface area contributed by atoms with Crippen LogP contribution in [0.15, 0.2) is 34.7 Å². The summed E-state index contributed by atoms with van der Waals surface area (Å²) in [6.45, 7) is 1.88. The van der Waals surface area contributed by atoms with E-state index in [-0.39, 0.29) is 23.6 Å². The number of carbonyl (C=O) groups excluding carboxylic acids is 2. The third-order valence-electron chi connectivity index (χ3n) is 2.97. The molecule has 0 unspecified atom stereocenters. The van der Waals surface area contributed by atoms with Gasteiger partial charge in [0.2, 0.25) is 11.8 Å². The summed E-state index contributed by atoms with van der Waals surface area (Å²) in [6.07, 6.45) is 0.350. The fourth-order valence-electron chi connectivity index (χ4n) is 1.94. The molecular weight excluding hydrogens is 288 g/mol. The summed E-state index contributed by atoms with van der Waals surface area (Å²) >= 11 is 1.36. The third kappa shape index (κ3) is 4.53.